The zero-order valence-corrected chi connectivity index (χ0v) is 16.7. The lowest BCUT2D eigenvalue weighted by atomic mass is 10.1. The van der Waals surface area contributed by atoms with Gasteiger partial charge in [-0.15, -0.1) is 0 Å². The summed E-state index contributed by atoms with van der Waals surface area (Å²) in [7, 11) is 2.27. The molecule has 1 heterocycles. The van der Waals surface area contributed by atoms with Crippen LogP contribution in [0.1, 0.15) is 90.4 Å². The topological polar surface area (TPSA) is 24.5 Å². The summed E-state index contributed by atoms with van der Waals surface area (Å²) in [6.07, 6.45) is 17.5. The molecule has 1 saturated heterocycles. The molecule has 144 valence electrons. The maximum absolute atomic E-state index is 5.73. The Morgan fingerprint density at radius 3 is 2.21 bits per heavy atom. The van der Waals surface area contributed by atoms with E-state index in [0.717, 1.165) is 19.3 Å². The molecule has 0 saturated carbocycles. The Kier molecular flexibility index (Phi) is 14.9. The fourth-order valence-corrected chi connectivity index (χ4v) is 3.63. The van der Waals surface area contributed by atoms with Crippen molar-refractivity contribution in [3.63, 3.8) is 0 Å². The fourth-order valence-electron chi connectivity index (χ4n) is 3.63. The van der Waals surface area contributed by atoms with Crippen LogP contribution in [0, 0.1) is 0 Å². The molecule has 1 aliphatic heterocycles. The van der Waals surface area contributed by atoms with Crippen LogP contribution in [-0.2, 0) is 4.74 Å². The van der Waals surface area contributed by atoms with Crippen molar-refractivity contribution < 1.29 is 4.74 Å². The molecular weight excluding hydrogens is 296 g/mol. The Bertz CT molecular complexity index is 260. The van der Waals surface area contributed by atoms with Crippen molar-refractivity contribution in [1.82, 2.24) is 10.2 Å². The summed E-state index contributed by atoms with van der Waals surface area (Å²) in [5, 5.41) is 3.61. The highest BCUT2D eigenvalue weighted by atomic mass is 16.5. The second kappa shape index (κ2) is 16.4. The van der Waals surface area contributed by atoms with E-state index in [-0.39, 0.29) is 0 Å². The normalized spacial score (nSPS) is 18.5. The first-order valence-electron chi connectivity index (χ1n) is 10.8. The van der Waals surface area contributed by atoms with E-state index in [9.17, 15) is 0 Å². The summed E-state index contributed by atoms with van der Waals surface area (Å²) in [4.78, 5) is 2.52. The SMILES string of the molecule is CCCCCCCCOCCCCCCNCCC1CCCN1C. The summed E-state index contributed by atoms with van der Waals surface area (Å²) in [5.41, 5.74) is 0. The van der Waals surface area contributed by atoms with E-state index >= 15 is 0 Å². The van der Waals surface area contributed by atoms with Gasteiger partial charge in [0.1, 0.15) is 0 Å². The van der Waals surface area contributed by atoms with Gasteiger partial charge in [0, 0.05) is 19.3 Å². The van der Waals surface area contributed by atoms with E-state index in [4.69, 9.17) is 4.74 Å². The number of nitrogens with zero attached hydrogens (tertiary/aromatic N) is 1. The van der Waals surface area contributed by atoms with Crippen LogP contribution < -0.4 is 5.32 Å². The summed E-state index contributed by atoms with van der Waals surface area (Å²) < 4.78 is 5.73. The van der Waals surface area contributed by atoms with Crippen LogP contribution in [0.5, 0.6) is 0 Å². The van der Waals surface area contributed by atoms with E-state index in [2.05, 4.69) is 24.2 Å². The number of nitrogens with one attached hydrogen (secondary N) is 1. The molecule has 3 heteroatoms. The molecule has 1 fully saturated rings. The van der Waals surface area contributed by atoms with Gasteiger partial charge in [-0.3, -0.25) is 0 Å². The van der Waals surface area contributed by atoms with Gasteiger partial charge >= 0.3 is 0 Å². The van der Waals surface area contributed by atoms with Crippen molar-refractivity contribution in [2.24, 2.45) is 0 Å². The second-order valence-electron chi connectivity index (χ2n) is 7.61. The van der Waals surface area contributed by atoms with Gasteiger partial charge < -0.3 is 15.0 Å². The summed E-state index contributed by atoms with van der Waals surface area (Å²) in [6, 6.07) is 0.835. The first-order valence-corrected chi connectivity index (χ1v) is 10.8. The van der Waals surface area contributed by atoms with E-state index in [1.165, 1.54) is 103 Å². The molecule has 0 aromatic carbocycles. The van der Waals surface area contributed by atoms with Gasteiger partial charge in [0.15, 0.2) is 0 Å². The number of hydrogen-bond acceptors (Lipinski definition) is 3. The predicted molar refractivity (Wildman–Crippen MR) is 106 cm³/mol. The summed E-state index contributed by atoms with van der Waals surface area (Å²) >= 11 is 0. The Hall–Kier alpha value is -0.120. The van der Waals surface area contributed by atoms with E-state index in [0.29, 0.717) is 0 Å². The van der Waals surface area contributed by atoms with Crippen LogP contribution >= 0.6 is 0 Å². The number of rotatable bonds is 17. The zero-order valence-electron chi connectivity index (χ0n) is 16.7. The standard InChI is InChI=1S/C21H44N2O/c1-3-4-5-6-8-11-19-24-20-12-9-7-10-16-22-17-15-21-14-13-18-23(21)2/h21-22H,3-20H2,1-2H3. The maximum atomic E-state index is 5.73. The molecule has 0 aliphatic carbocycles. The molecular formula is C21H44N2O. The van der Waals surface area contributed by atoms with E-state index < -0.39 is 0 Å². The average molecular weight is 341 g/mol. The van der Waals surface area contributed by atoms with Crippen molar-refractivity contribution in [2.45, 2.75) is 96.4 Å². The average Bonchev–Trinajstić information content (AvgIpc) is 2.99. The van der Waals surface area contributed by atoms with Gasteiger partial charge in [0.05, 0.1) is 0 Å². The molecule has 1 aliphatic rings. The highest BCUT2D eigenvalue weighted by Crippen LogP contribution is 2.16. The van der Waals surface area contributed by atoms with Crippen LogP contribution in [0.15, 0.2) is 0 Å². The molecule has 1 N–H and O–H groups in total. The smallest absolute Gasteiger partial charge is 0.0466 e. The number of unbranched alkanes of at least 4 members (excludes halogenated alkanes) is 8. The Labute approximate surface area is 151 Å². The van der Waals surface area contributed by atoms with Crippen LogP contribution in [0.2, 0.25) is 0 Å². The Balaban J connectivity index is 1.67. The van der Waals surface area contributed by atoms with Gasteiger partial charge in [-0.05, 0) is 65.2 Å². The number of ether oxygens (including phenoxy) is 1. The van der Waals surface area contributed by atoms with E-state index in [1.807, 2.05) is 0 Å². The molecule has 0 spiro atoms. The van der Waals surface area contributed by atoms with Crippen LogP contribution in [0.3, 0.4) is 0 Å². The molecule has 1 atom stereocenters. The molecule has 0 aromatic heterocycles. The van der Waals surface area contributed by atoms with Crippen molar-refractivity contribution >= 4 is 0 Å². The highest BCUT2D eigenvalue weighted by Gasteiger charge is 2.19. The summed E-state index contributed by atoms with van der Waals surface area (Å²) in [5.74, 6) is 0. The fraction of sp³-hybridized carbons (Fsp3) is 1.00. The minimum Gasteiger partial charge on any atom is -0.381 e. The number of likely N-dealkylation sites (tertiary alicyclic amines) is 1. The molecule has 1 rings (SSSR count). The largest absolute Gasteiger partial charge is 0.381 e. The lowest BCUT2D eigenvalue weighted by Crippen LogP contribution is -2.29. The molecule has 1 unspecified atom stereocenters. The molecule has 0 bridgehead atoms. The first-order chi connectivity index (χ1) is 11.8. The Morgan fingerprint density at radius 1 is 0.875 bits per heavy atom. The third-order valence-corrected chi connectivity index (χ3v) is 5.36. The lowest BCUT2D eigenvalue weighted by molar-refractivity contribution is 0.125. The third-order valence-electron chi connectivity index (χ3n) is 5.36. The van der Waals surface area contributed by atoms with Crippen molar-refractivity contribution in [3.8, 4) is 0 Å². The summed E-state index contributed by atoms with van der Waals surface area (Å²) in [6.45, 7) is 7.89. The van der Waals surface area contributed by atoms with E-state index in [1.54, 1.807) is 0 Å². The van der Waals surface area contributed by atoms with Crippen LogP contribution in [0.25, 0.3) is 0 Å². The van der Waals surface area contributed by atoms with Crippen molar-refractivity contribution in [3.05, 3.63) is 0 Å². The maximum Gasteiger partial charge on any atom is 0.0466 e. The van der Waals surface area contributed by atoms with Gasteiger partial charge in [0.2, 0.25) is 0 Å². The molecule has 0 amide bonds. The van der Waals surface area contributed by atoms with Crippen molar-refractivity contribution in [2.75, 3.05) is 39.9 Å². The van der Waals surface area contributed by atoms with Crippen LogP contribution in [0.4, 0.5) is 0 Å². The quantitative estimate of drug-likeness (QED) is 0.377. The first kappa shape index (κ1) is 21.9. The molecule has 3 nitrogen and oxygen atoms in total. The molecule has 0 radical (unpaired) electrons. The minimum absolute atomic E-state index is 0.835. The van der Waals surface area contributed by atoms with Gasteiger partial charge in [-0.2, -0.15) is 0 Å². The van der Waals surface area contributed by atoms with Crippen LogP contribution in [-0.4, -0.2) is 50.8 Å². The lowest BCUT2D eigenvalue weighted by Gasteiger charge is -2.19. The Morgan fingerprint density at radius 2 is 1.54 bits per heavy atom. The zero-order chi connectivity index (χ0) is 17.3. The minimum atomic E-state index is 0.835. The highest BCUT2D eigenvalue weighted by molar-refractivity contribution is 4.76. The van der Waals surface area contributed by atoms with Gasteiger partial charge in [-0.1, -0.05) is 51.9 Å². The molecule has 0 aromatic rings. The monoisotopic (exact) mass is 340 g/mol. The van der Waals surface area contributed by atoms with Crippen molar-refractivity contribution in [1.29, 1.82) is 0 Å². The predicted octanol–water partition coefficient (Wildman–Crippen LogP) is 5.00. The molecule has 24 heavy (non-hydrogen) atoms. The van der Waals surface area contributed by atoms with Gasteiger partial charge in [0.25, 0.3) is 0 Å². The third kappa shape index (κ3) is 12.3. The second-order valence-corrected chi connectivity index (χ2v) is 7.61. The number of hydrogen-bond donors (Lipinski definition) is 1. The van der Waals surface area contributed by atoms with Gasteiger partial charge in [-0.25, -0.2) is 0 Å².